The molecule has 8 nitrogen and oxygen atoms in total. The summed E-state index contributed by atoms with van der Waals surface area (Å²) in [6, 6.07) is 91.8. The van der Waals surface area contributed by atoms with E-state index in [1.807, 2.05) is 109 Å². The third kappa shape index (κ3) is 8.32. The summed E-state index contributed by atoms with van der Waals surface area (Å²) in [5, 5.41) is 22.8. The Morgan fingerprint density at radius 3 is 0.770 bits per heavy atom. The molecule has 13 aromatic rings. The molecule has 11 aromatic carbocycles. The summed E-state index contributed by atoms with van der Waals surface area (Å²) in [4.78, 5) is 4.44. The average Bonchev–Trinajstić information content (AvgIpc) is 4.19. The first kappa shape index (κ1) is 43.8. The summed E-state index contributed by atoms with van der Waals surface area (Å²) in [6.07, 6.45) is 0. The van der Waals surface area contributed by atoms with Gasteiger partial charge in [-0.2, -0.15) is 0 Å². The minimum absolute atomic E-state index is 0.440. The standard InChI is InChI=1S/C66H44N6O2/c1-5-27-51(28-6-1)71(52-29-7-2-8-30-52)55-35-19-25-49(43-55)65-69-67-63(73-65)47-23-17-21-45(41-47)61-57-37-13-15-39-59(57)62(60-40-16-14-38-58(60)61)46-22-18-24-48(42-46)64-68-70-66(74-64)50-26-20-36-56(44-50)72(53-31-9-3-10-32-53)54-33-11-4-12-34-54/h1-44H. The minimum atomic E-state index is 0.440. The second-order valence-electron chi connectivity index (χ2n) is 17.9. The van der Waals surface area contributed by atoms with Gasteiger partial charge in [-0.1, -0.05) is 158 Å². The van der Waals surface area contributed by atoms with Gasteiger partial charge in [0.2, 0.25) is 23.6 Å². The molecule has 350 valence electrons. The normalized spacial score (nSPS) is 11.2. The van der Waals surface area contributed by atoms with Crippen LogP contribution in [0.15, 0.2) is 276 Å². The van der Waals surface area contributed by atoms with E-state index in [9.17, 15) is 0 Å². The maximum Gasteiger partial charge on any atom is 0.248 e. The molecular weight excluding hydrogens is 909 g/mol. The molecule has 0 aliphatic heterocycles. The predicted molar refractivity (Wildman–Crippen MR) is 299 cm³/mol. The van der Waals surface area contributed by atoms with E-state index in [1.165, 1.54) is 0 Å². The van der Waals surface area contributed by atoms with Gasteiger partial charge in [-0.05, 0) is 153 Å². The molecule has 0 unspecified atom stereocenters. The maximum atomic E-state index is 6.51. The van der Waals surface area contributed by atoms with Crippen molar-refractivity contribution < 1.29 is 8.83 Å². The van der Waals surface area contributed by atoms with Crippen LogP contribution >= 0.6 is 0 Å². The lowest BCUT2D eigenvalue weighted by Gasteiger charge is -2.25. The van der Waals surface area contributed by atoms with E-state index in [2.05, 4.69) is 188 Å². The number of fused-ring (bicyclic) bond motifs is 2. The van der Waals surface area contributed by atoms with Gasteiger partial charge in [-0.15, -0.1) is 20.4 Å². The van der Waals surface area contributed by atoms with Gasteiger partial charge >= 0.3 is 0 Å². The fraction of sp³-hybridized carbons (Fsp3) is 0. The predicted octanol–water partition coefficient (Wildman–Crippen LogP) is 17.7. The highest BCUT2D eigenvalue weighted by molar-refractivity contribution is 6.21. The fourth-order valence-corrected chi connectivity index (χ4v) is 10.0. The molecule has 0 amide bonds. The van der Waals surface area contributed by atoms with Gasteiger partial charge in [0.15, 0.2) is 0 Å². The number of hydrogen-bond acceptors (Lipinski definition) is 8. The third-order valence-electron chi connectivity index (χ3n) is 13.3. The number of hydrogen-bond donors (Lipinski definition) is 0. The van der Waals surface area contributed by atoms with Gasteiger partial charge in [0, 0.05) is 56.4 Å². The Morgan fingerprint density at radius 1 is 0.216 bits per heavy atom. The van der Waals surface area contributed by atoms with Crippen LogP contribution in [0, 0.1) is 0 Å². The second-order valence-corrected chi connectivity index (χ2v) is 17.9. The Kier molecular flexibility index (Phi) is 11.4. The molecule has 0 bridgehead atoms. The van der Waals surface area contributed by atoms with Crippen molar-refractivity contribution in [3.8, 4) is 68.1 Å². The zero-order valence-corrected chi connectivity index (χ0v) is 39.9. The van der Waals surface area contributed by atoms with Crippen LogP contribution in [-0.2, 0) is 0 Å². The van der Waals surface area contributed by atoms with Crippen molar-refractivity contribution in [1.82, 2.24) is 20.4 Å². The van der Waals surface area contributed by atoms with E-state index < -0.39 is 0 Å². The SMILES string of the molecule is c1ccc(N(c2ccccc2)c2cccc(-c3nnc(-c4cccc(-c5c6ccccc6c(-c6cccc(-c7nnc(-c8cccc(N(c9ccccc9)c9ccccc9)c8)o7)c6)c6ccccc56)c4)o3)c2)cc1. The zero-order chi connectivity index (χ0) is 49.2. The first-order valence-electron chi connectivity index (χ1n) is 24.5. The van der Waals surface area contributed by atoms with Crippen molar-refractivity contribution in [2.24, 2.45) is 0 Å². The molecule has 0 aliphatic rings. The number of benzene rings is 11. The lowest BCUT2D eigenvalue weighted by molar-refractivity contribution is 0.584. The average molecular weight is 953 g/mol. The molecule has 0 N–H and O–H groups in total. The Bertz CT molecular complexity index is 3700. The number of para-hydroxylation sites is 4. The van der Waals surface area contributed by atoms with Gasteiger partial charge in [0.25, 0.3) is 0 Å². The van der Waals surface area contributed by atoms with Crippen LogP contribution in [0.2, 0.25) is 0 Å². The number of nitrogens with zero attached hydrogens (tertiary/aromatic N) is 6. The van der Waals surface area contributed by atoms with E-state index in [1.54, 1.807) is 0 Å². The molecule has 0 radical (unpaired) electrons. The molecule has 8 heteroatoms. The second kappa shape index (κ2) is 19.2. The molecule has 0 saturated heterocycles. The van der Waals surface area contributed by atoms with Crippen molar-refractivity contribution in [2.45, 2.75) is 0 Å². The quantitative estimate of drug-likeness (QED) is 0.112. The minimum Gasteiger partial charge on any atom is -0.416 e. The molecule has 0 fully saturated rings. The maximum absolute atomic E-state index is 6.51. The van der Waals surface area contributed by atoms with Gasteiger partial charge in [-0.3, -0.25) is 0 Å². The first-order chi connectivity index (χ1) is 36.7. The van der Waals surface area contributed by atoms with Gasteiger partial charge in [0.05, 0.1) is 0 Å². The third-order valence-corrected chi connectivity index (χ3v) is 13.3. The molecule has 0 spiro atoms. The molecule has 0 aliphatic carbocycles. The number of rotatable bonds is 12. The number of anilines is 6. The molecule has 74 heavy (non-hydrogen) atoms. The molecule has 2 aromatic heterocycles. The van der Waals surface area contributed by atoms with Crippen LogP contribution < -0.4 is 9.80 Å². The molecule has 2 heterocycles. The molecular formula is C66H44N6O2. The monoisotopic (exact) mass is 952 g/mol. The van der Waals surface area contributed by atoms with Crippen molar-refractivity contribution in [2.75, 3.05) is 9.80 Å². The highest BCUT2D eigenvalue weighted by Gasteiger charge is 2.21. The highest BCUT2D eigenvalue weighted by atomic mass is 16.4. The Labute approximate surface area is 427 Å². The van der Waals surface area contributed by atoms with Crippen LogP contribution in [-0.4, -0.2) is 20.4 Å². The van der Waals surface area contributed by atoms with Crippen molar-refractivity contribution in [1.29, 1.82) is 0 Å². The summed E-state index contributed by atoms with van der Waals surface area (Å²) in [7, 11) is 0. The van der Waals surface area contributed by atoms with E-state index >= 15 is 0 Å². The van der Waals surface area contributed by atoms with Crippen molar-refractivity contribution in [3.63, 3.8) is 0 Å². The summed E-state index contributed by atoms with van der Waals surface area (Å²) >= 11 is 0. The van der Waals surface area contributed by atoms with Gasteiger partial charge in [0.1, 0.15) is 0 Å². The van der Waals surface area contributed by atoms with Crippen LogP contribution in [0.1, 0.15) is 0 Å². The van der Waals surface area contributed by atoms with Crippen LogP contribution in [0.4, 0.5) is 34.1 Å². The Morgan fingerprint density at radius 2 is 0.459 bits per heavy atom. The van der Waals surface area contributed by atoms with Crippen LogP contribution in [0.3, 0.4) is 0 Å². The van der Waals surface area contributed by atoms with E-state index in [-0.39, 0.29) is 0 Å². The zero-order valence-electron chi connectivity index (χ0n) is 39.9. The largest absolute Gasteiger partial charge is 0.416 e. The molecule has 0 saturated carbocycles. The first-order valence-corrected chi connectivity index (χ1v) is 24.5. The van der Waals surface area contributed by atoms with Gasteiger partial charge in [-0.25, -0.2) is 0 Å². The summed E-state index contributed by atoms with van der Waals surface area (Å²) in [6.45, 7) is 0. The van der Waals surface area contributed by atoms with Crippen LogP contribution in [0.25, 0.3) is 89.6 Å². The molecule has 0 atom stereocenters. The van der Waals surface area contributed by atoms with E-state index in [0.29, 0.717) is 23.6 Å². The number of aromatic nitrogens is 4. The summed E-state index contributed by atoms with van der Waals surface area (Å²) in [5.74, 6) is 1.76. The molecule has 13 rings (SSSR count). The van der Waals surface area contributed by atoms with Crippen molar-refractivity contribution in [3.05, 3.63) is 267 Å². The van der Waals surface area contributed by atoms with Gasteiger partial charge < -0.3 is 18.6 Å². The Hall–Kier alpha value is -10.2. The lowest BCUT2D eigenvalue weighted by Crippen LogP contribution is -2.09. The van der Waals surface area contributed by atoms with E-state index in [4.69, 9.17) is 8.83 Å². The van der Waals surface area contributed by atoms with Crippen molar-refractivity contribution >= 4 is 55.7 Å². The Balaban J connectivity index is 0.834. The summed E-state index contributed by atoms with van der Waals surface area (Å²) in [5.41, 5.74) is 13.8. The highest BCUT2D eigenvalue weighted by Crippen LogP contribution is 2.45. The lowest BCUT2D eigenvalue weighted by atomic mass is 9.85. The van der Waals surface area contributed by atoms with Crippen LogP contribution in [0.5, 0.6) is 0 Å². The van der Waals surface area contributed by atoms with E-state index in [0.717, 1.165) is 100 Å². The topological polar surface area (TPSA) is 84.3 Å². The summed E-state index contributed by atoms with van der Waals surface area (Å²) < 4.78 is 13.0. The smallest absolute Gasteiger partial charge is 0.248 e. The fourth-order valence-electron chi connectivity index (χ4n) is 10.0.